The van der Waals surface area contributed by atoms with Crippen molar-refractivity contribution in [3.05, 3.63) is 64.8 Å². The summed E-state index contributed by atoms with van der Waals surface area (Å²) in [7, 11) is 1.96. The number of thioether (sulfide) groups is 1. The van der Waals surface area contributed by atoms with Crippen molar-refractivity contribution >= 4 is 57.0 Å². The van der Waals surface area contributed by atoms with Gasteiger partial charge in [-0.1, -0.05) is 61.6 Å². The van der Waals surface area contributed by atoms with Gasteiger partial charge in [0.2, 0.25) is 0 Å². The minimum absolute atomic E-state index is 0.0941. The van der Waals surface area contributed by atoms with Crippen LogP contribution in [0.5, 0.6) is 0 Å². The zero-order chi connectivity index (χ0) is 19.7. The number of hydrogen-bond donors (Lipinski definition) is 0. The molecule has 3 aromatic rings. The van der Waals surface area contributed by atoms with Crippen LogP contribution in [0.2, 0.25) is 0 Å². The lowest BCUT2D eigenvalue weighted by atomic mass is 10.1. The smallest absolute Gasteiger partial charge is 0.270 e. The zero-order valence-corrected chi connectivity index (χ0v) is 17.5. The van der Waals surface area contributed by atoms with Crippen molar-refractivity contribution < 1.29 is 4.79 Å². The summed E-state index contributed by atoms with van der Waals surface area (Å²) in [6, 6.07) is 16.1. The molecule has 2 aromatic carbocycles. The molecular formula is C22H21N3OS2. The second kappa shape index (κ2) is 7.89. The average molecular weight is 408 g/mol. The van der Waals surface area contributed by atoms with Crippen LogP contribution in [0.1, 0.15) is 31.2 Å². The van der Waals surface area contributed by atoms with E-state index in [4.69, 9.17) is 12.2 Å². The van der Waals surface area contributed by atoms with E-state index >= 15 is 0 Å². The van der Waals surface area contributed by atoms with Crippen LogP contribution < -0.4 is 4.90 Å². The highest BCUT2D eigenvalue weighted by atomic mass is 32.2. The first kappa shape index (κ1) is 18.9. The Morgan fingerprint density at radius 3 is 2.61 bits per heavy atom. The molecule has 0 radical (unpaired) electrons. The summed E-state index contributed by atoms with van der Waals surface area (Å²) < 4.78 is 2.54. The Balaban J connectivity index is 1.61. The number of fused-ring (bicyclic) bond motifs is 1. The van der Waals surface area contributed by atoms with Gasteiger partial charge >= 0.3 is 0 Å². The van der Waals surface area contributed by atoms with Crippen LogP contribution in [0.3, 0.4) is 0 Å². The quantitative estimate of drug-likeness (QED) is 0.424. The Kier molecular flexibility index (Phi) is 5.33. The SMILES string of the molecule is CCCCc1ccc(N2C(=O)C(=Cc3nc4ccccc4n3C)SC2=S)cc1. The van der Waals surface area contributed by atoms with E-state index in [1.807, 2.05) is 54.1 Å². The van der Waals surface area contributed by atoms with Gasteiger partial charge in [0, 0.05) is 13.1 Å². The van der Waals surface area contributed by atoms with E-state index < -0.39 is 0 Å². The average Bonchev–Trinajstić information content (AvgIpc) is 3.17. The van der Waals surface area contributed by atoms with Crippen LogP contribution in [-0.4, -0.2) is 19.8 Å². The number of benzene rings is 2. The summed E-state index contributed by atoms with van der Waals surface area (Å²) in [5.74, 6) is 0.653. The van der Waals surface area contributed by atoms with E-state index in [0.717, 1.165) is 29.0 Å². The molecule has 28 heavy (non-hydrogen) atoms. The lowest BCUT2D eigenvalue weighted by molar-refractivity contribution is -0.113. The van der Waals surface area contributed by atoms with Gasteiger partial charge in [-0.25, -0.2) is 4.98 Å². The van der Waals surface area contributed by atoms with E-state index in [9.17, 15) is 4.79 Å². The van der Waals surface area contributed by atoms with Crippen molar-refractivity contribution in [2.24, 2.45) is 7.05 Å². The fourth-order valence-electron chi connectivity index (χ4n) is 3.29. The Bertz CT molecular complexity index is 1080. The van der Waals surface area contributed by atoms with Gasteiger partial charge in [-0.05, 0) is 42.7 Å². The molecule has 2 heterocycles. The van der Waals surface area contributed by atoms with Crippen molar-refractivity contribution in [3.8, 4) is 0 Å². The molecule has 4 nitrogen and oxygen atoms in total. The number of carbonyl (C=O) groups is 1. The third kappa shape index (κ3) is 3.50. The normalized spacial score (nSPS) is 15.9. The van der Waals surface area contributed by atoms with E-state index in [0.29, 0.717) is 9.23 Å². The number of para-hydroxylation sites is 2. The molecule has 1 aliphatic rings. The van der Waals surface area contributed by atoms with Crippen LogP contribution in [0, 0.1) is 0 Å². The monoisotopic (exact) mass is 407 g/mol. The third-order valence-electron chi connectivity index (χ3n) is 4.89. The molecular weight excluding hydrogens is 386 g/mol. The molecule has 0 N–H and O–H groups in total. The molecule has 0 atom stereocenters. The van der Waals surface area contributed by atoms with Crippen LogP contribution in [0.4, 0.5) is 5.69 Å². The highest BCUT2D eigenvalue weighted by Crippen LogP contribution is 2.36. The lowest BCUT2D eigenvalue weighted by Gasteiger charge is -2.15. The first-order valence-corrected chi connectivity index (χ1v) is 10.6. The van der Waals surface area contributed by atoms with Crippen molar-refractivity contribution in [1.29, 1.82) is 0 Å². The van der Waals surface area contributed by atoms with E-state index in [2.05, 4.69) is 24.0 Å². The molecule has 0 saturated carbocycles. The summed E-state index contributed by atoms with van der Waals surface area (Å²) in [6.45, 7) is 2.19. The maximum absolute atomic E-state index is 13.0. The molecule has 1 aliphatic heterocycles. The predicted molar refractivity (Wildman–Crippen MR) is 121 cm³/mol. The Morgan fingerprint density at radius 1 is 1.14 bits per heavy atom. The molecule has 0 unspecified atom stereocenters. The summed E-state index contributed by atoms with van der Waals surface area (Å²) in [5, 5.41) is 0. The van der Waals surface area contributed by atoms with Gasteiger partial charge in [-0.3, -0.25) is 9.69 Å². The standard InChI is InChI=1S/C22H21N3OS2/c1-3-4-7-15-10-12-16(13-11-15)25-21(26)19(28-22(25)27)14-20-23-17-8-5-6-9-18(17)24(20)2/h5-6,8-14H,3-4,7H2,1-2H3. The fraction of sp³-hybridized carbons (Fsp3) is 0.227. The number of unbranched alkanes of at least 4 members (excludes halogenated alkanes) is 1. The molecule has 6 heteroatoms. The Hall–Kier alpha value is -2.44. The van der Waals surface area contributed by atoms with Crippen molar-refractivity contribution in [1.82, 2.24) is 9.55 Å². The molecule has 0 bridgehead atoms. The number of thiocarbonyl (C=S) groups is 1. The number of hydrogen-bond acceptors (Lipinski definition) is 4. The maximum atomic E-state index is 13.0. The van der Waals surface area contributed by atoms with Crippen molar-refractivity contribution in [2.45, 2.75) is 26.2 Å². The summed E-state index contributed by atoms with van der Waals surface area (Å²) >= 11 is 6.82. The number of anilines is 1. The zero-order valence-electron chi connectivity index (χ0n) is 15.9. The van der Waals surface area contributed by atoms with Crippen LogP contribution in [-0.2, 0) is 18.3 Å². The van der Waals surface area contributed by atoms with Gasteiger partial charge in [-0.2, -0.15) is 0 Å². The number of aryl methyl sites for hydroxylation is 2. The topological polar surface area (TPSA) is 38.1 Å². The van der Waals surface area contributed by atoms with Crippen molar-refractivity contribution in [2.75, 3.05) is 4.90 Å². The van der Waals surface area contributed by atoms with Gasteiger partial charge in [-0.15, -0.1) is 0 Å². The third-order valence-corrected chi connectivity index (χ3v) is 6.19. The largest absolute Gasteiger partial charge is 0.328 e. The van der Waals surface area contributed by atoms with Gasteiger partial charge < -0.3 is 4.57 Å². The van der Waals surface area contributed by atoms with Crippen LogP contribution in [0.15, 0.2) is 53.4 Å². The molecule has 142 valence electrons. The molecule has 1 fully saturated rings. The van der Waals surface area contributed by atoms with Crippen LogP contribution >= 0.6 is 24.0 Å². The Labute approximate surface area is 174 Å². The van der Waals surface area contributed by atoms with E-state index in [1.165, 1.54) is 30.2 Å². The number of rotatable bonds is 5. The van der Waals surface area contributed by atoms with Gasteiger partial charge in [0.1, 0.15) is 5.82 Å². The van der Waals surface area contributed by atoms with Gasteiger partial charge in [0.15, 0.2) is 4.32 Å². The number of amides is 1. The number of nitrogens with zero attached hydrogens (tertiary/aromatic N) is 3. The molecule has 1 aromatic heterocycles. The predicted octanol–water partition coefficient (Wildman–Crippen LogP) is 5.32. The Morgan fingerprint density at radius 2 is 1.89 bits per heavy atom. The number of aromatic nitrogens is 2. The molecule has 4 rings (SSSR count). The van der Waals surface area contributed by atoms with Gasteiger partial charge in [0.25, 0.3) is 5.91 Å². The molecule has 1 saturated heterocycles. The molecule has 0 aliphatic carbocycles. The molecule has 1 amide bonds. The first-order chi connectivity index (χ1) is 13.6. The van der Waals surface area contributed by atoms with E-state index in [1.54, 1.807) is 4.90 Å². The van der Waals surface area contributed by atoms with E-state index in [-0.39, 0.29) is 5.91 Å². The fourth-order valence-corrected chi connectivity index (χ4v) is 4.56. The van der Waals surface area contributed by atoms with Crippen LogP contribution in [0.25, 0.3) is 17.1 Å². The van der Waals surface area contributed by atoms with Gasteiger partial charge in [0.05, 0.1) is 21.6 Å². The first-order valence-electron chi connectivity index (χ1n) is 9.37. The summed E-state index contributed by atoms with van der Waals surface area (Å²) in [6.07, 6.45) is 5.22. The summed E-state index contributed by atoms with van der Waals surface area (Å²) in [5.41, 5.74) is 4.05. The summed E-state index contributed by atoms with van der Waals surface area (Å²) in [4.78, 5) is 19.9. The van der Waals surface area contributed by atoms with Crippen molar-refractivity contribution in [3.63, 3.8) is 0 Å². The number of carbonyl (C=O) groups excluding carboxylic acids is 1. The lowest BCUT2D eigenvalue weighted by Crippen LogP contribution is -2.27. The minimum Gasteiger partial charge on any atom is -0.328 e. The molecule has 0 spiro atoms. The second-order valence-electron chi connectivity index (χ2n) is 6.80. The highest BCUT2D eigenvalue weighted by Gasteiger charge is 2.33. The number of imidazole rings is 1. The maximum Gasteiger partial charge on any atom is 0.270 e. The second-order valence-corrected chi connectivity index (χ2v) is 8.48. The highest BCUT2D eigenvalue weighted by molar-refractivity contribution is 8.27. The minimum atomic E-state index is -0.0941.